The summed E-state index contributed by atoms with van der Waals surface area (Å²) < 4.78 is 24.5. The number of amidine groups is 1. The molecule has 0 bridgehead atoms. The van der Waals surface area contributed by atoms with Gasteiger partial charge in [0, 0.05) is 12.1 Å². The number of hydrogen-bond acceptors (Lipinski definition) is 7. The molecule has 0 fully saturated rings. The standard InChI is InChI=1S/C20H23FN6O3/c1-3-4-7-29-15-8-12(2)18(25-11-15)19(28)26-14-5-6-16(21)13(9-14)10-17(22)30-20(23)27-24/h5-6,8-9,11,17H,7,10,22,24H2,1-2H3,(H2,23,27)(H,26,28)/t17-/m0/s1. The Hall–Kier alpha value is -3.84. The zero-order valence-electron chi connectivity index (χ0n) is 16.6. The Morgan fingerprint density at radius 2 is 2.17 bits per heavy atom. The van der Waals surface area contributed by atoms with Crippen LogP contribution in [0.25, 0.3) is 0 Å². The Morgan fingerprint density at radius 1 is 1.40 bits per heavy atom. The second-order valence-electron chi connectivity index (χ2n) is 6.14. The van der Waals surface area contributed by atoms with Crippen LogP contribution in [0, 0.1) is 24.6 Å². The molecule has 2 aromatic rings. The molecular formula is C20H23FN6O3. The number of nitrogens with two attached hydrogens (primary N) is 3. The number of anilines is 1. The lowest BCUT2D eigenvalue weighted by atomic mass is 10.1. The Morgan fingerprint density at radius 3 is 2.83 bits per heavy atom. The molecule has 0 aliphatic heterocycles. The number of rotatable bonds is 7. The van der Waals surface area contributed by atoms with Crippen molar-refractivity contribution < 1.29 is 18.7 Å². The van der Waals surface area contributed by atoms with Gasteiger partial charge in [0.25, 0.3) is 5.91 Å². The molecule has 0 radical (unpaired) electrons. The van der Waals surface area contributed by atoms with Crippen molar-refractivity contribution in [1.82, 2.24) is 4.98 Å². The summed E-state index contributed by atoms with van der Waals surface area (Å²) in [5.74, 6) is 10.0. The molecule has 0 saturated carbocycles. The molecule has 0 unspecified atom stereocenters. The maximum Gasteiger partial charge on any atom is 0.305 e. The Bertz CT molecular complexity index is 1000. The lowest BCUT2D eigenvalue weighted by Crippen LogP contribution is -2.33. The van der Waals surface area contributed by atoms with E-state index in [1.807, 2.05) is 0 Å². The van der Waals surface area contributed by atoms with Crippen LogP contribution >= 0.6 is 0 Å². The van der Waals surface area contributed by atoms with Gasteiger partial charge in [-0.1, -0.05) is 5.92 Å². The molecule has 0 saturated heterocycles. The predicted molar refractivity (Wildman–Crippen MR) is 111 cm³/mol. The zero-order chi connectivity index (χ0) is 22.1. The molecule has 9 nitrogen and oxygen atoms in total. The number of carbonyl (C=O) groups is 1. The van der Waals surface area contributed by atoms with Gasteiger partial charge in [0.1, 0.15) is 23.9 Å². The lowest BCUT2D eigenvalue weighted by molar-refractivity contribution is 0.102. The first-order chi connectivity index (χ1) is 14.3. The number of nitrogens with zero attached hydrogens (tertiary/aromatic N) is 2. The average Bonchev–Trinajstić information content (AvgIpc) is 2.70. The maximum atomic E-state index is 14.1. The number of aryl methyl sites for hydroxylation is 1. The number of pyridine rings is 1. The van der Waals surface area contributed by atoms with Crippen molar-refractivity contribution in [2.75, 3.05) is 11.9 Å². The first kappa shape index (κ1) is 22.4. The van der Waals surface area contributed by atoms with Crippen LogP contribution in [0.3, 0.4) is 0 Å². The van der Waals surface area contributed by atoms with E-state index < -0.39 is 18.0 Å². The van der Waals surface area contributed by atoms with Crippen LogP contribution in [0.5, 0.6) is 5.75 Å². The minimum Gasteiger partial charge on any atom is -0.479 e. The largest absolute Gasteiger partial charge is 0.479 e. The van der Waals surface area contributed by atoms with E-state index in [0.717, 1.165) is 0 Å². The third-order valence-electron chi connectivity index (χ3n) is 3.88. The summed E-state index contributed by atoms with van der Waals surface area (Å²) in [6.45, 7) is 3.68. The highest BCUT2D eigenvalue weighted by atomic mass is 19.1. The number of ether oxygens (including phenoxy) is 2. The normalized spacial score (nSPS) is 11.8. The number of hydrogen-bond donors (Lipinski definition) is 4. The van der Waals surface area contributed by atoms with Crippen molar-refractivity contribution >= 4 is 17.6 Å². The second-order valence-corrected chi connectivity index (χ2v) is 6.14. The van der Waals surface area contributed by atoms with Crippen molar-refractivity contribution in [2.45, 2.75) is 26.5 Å². The number of carbonyl (C=O) groups excluding carboxylic acids is 1. The van der Waals surface area contributed by atoms with Crippen molar-refractivity contribution in [1.29, 1.82) is 0 Å². The molecule has 0 aliphatic rings. The molecule has 30 heavy (non-hydrogen) atoms. The highest BCUT2D eigenvalue weighted by molar-refractivity contribution is 6.03. The molecule has 1 heterocycles. The Kier molecular flexibility index (Phi) is 7.96. The molecule has 1 atom stereocenters. The van der Waals surface area contributed by atoms with Crippen LogP contribution in [0.15, 0.2) is 35.6 Å². The molecule has 158 valence electrons. The van der Waals surface area contributed by atoms with E-state index in [1.54, 1.807) is 19.9 Å². The molecule has 10 heteroatoms. The fourth-order valence-electron chi connectivity index (χ4n) is 2.50. The molecule has 2 rings (SSSR count). The number of aromatic nitrogens is 1. The predicted octanol–water partition coefficient (Wildman–Crippen LogP) is 1.22. The summed E-state index contributed by atoms with van der Waals surface area (Å²) in [6, 6.07) is 5.46. The van der Waals surface area contributed by atoms with E-state index >= 15 is 0 Å². The number of hydrazone groups is 1. The van der Waals surface area contributed by atoms with Gasteiger partial charge in [0.05, 0.1) is 6.20 Å². The van der Waals surface area contributed by atoms with Gasteiger partial charge in [-0.2, -0.15) is 0 Å². The third kappa shape index (κ3) is 6.35. The van der Waals surface area contributed by atoms with E-state index in [0.29, 0.717) is 17.0 Å². The average molecular weight is 414 g/mol. The molecule has 1 aromatic heterocycles. The maximum absolute atomic E-state index is 14.1. The first-order valence-electron chi connectivity index (χ1n) is 8.88. The lowest BCUT2D eigenvalue weighted by Gasteiger charge is -2.15. The van der Waals surface area contributed by atoms with Crippen LogP contribution in [0.4, 0.5) is 10.1 Å². The van der Waals surface area contributed by atoms with Gasteiger partial charge in [-0.15, -0.1) is 11.0 Å². The van der Waals surface area contributed by atoms with Gasteiger partial charge in [0.15, 0.2) is 6.23 Å². The molecule has 0 spiro atoms. The molecular weight excluding hydrogens is 391 g/mol. The summed E-state index contributed by atoms with van der Waals surface area (Å²) in [7, 11) is 0. The molecule has 0 aliphatic carbocycles. The van der Waals surface area contributed by atoms with E-state index in [1.165, 1.54) is 24.4 Å². The van der Waals surface area contributed by atoms with Crippen LogP contribution in [-0.4, -0.2) is 29.7 Å². The minimum atomic E-state index is -0.966. The van der Waals surface area contributed by atoms with Crippen LogP contribution in [-0.2, 0) is 11.2 Å². The highest BCUT2D eigenvalue weighted by Gasteiger charge is 2.15. The molecule has 1 amide bonds. The Balaban J connectivity index is 2.10. The first-order valence-corrected chi connectivity index (χ1v) is 8.88. The number of amides is 1. The van der Waals surface area contributed by atoms with Crippen LogP contribution < -0.4 is 27.4 Å². The van der Waals surface area contributed by atoms with Crippen LogP contribution in [0.1, 0.15) is 28.5 Å². The van der Waals surface area contributed by atoms with E-state index in [2.05, 4.69) is 27.2 Å². The van der Waals surface area contributed by atoms with Crippen molar-refractivity contribution in [2.24, 2.45) is 22.4 Å². The van der Waals surface area contributed by atoms with Crippen molar-refractivity contribution in [3.05, 3.63) is 53.1 Å². The smallest absolute Gasteiger partial charge is 0.305 e. The van der Waals surface area contributed by atoms with Crippen LogP contribution in [0.2, 0.25) is 0 Å². The number of benzene rings is 1. The van der Waals surface area contributed by atoms with Crippen molar-refractivity contribution in [3.8, 4) is 17.6 Å². The zero-order valence-corrected chi connectivity index (χ0v) is 16.6. The minimum absolute atomic E-state index is 0.0181. The summed E-state index contributed by atoms with van der Waals surface area (Å²) in [4.78, 5) is 16.7. The summed E-state index contributed by atoms with van der Waals surface area (Å²) in [5.41, 5.74) is 12.5. The SMILES string of the molecule is CC#CCOc1cnc(C(=O)Nc2ccc(F)c(C[C@@H](N)O/C(N)=N\N)c2)c(C)c1. The van der Waals surface area contributed by atoms with E-state index in [-0.39, 0.29) is 30.3 Å². The van der Waals surface area contributed by atoms with Gasteiger partial charge in [0.2, 0.25) is 0 Å². The van der Waals surface area contributed by atoms with Gasteiger partial charge in [-0.3, -0.25) is 10.5 Å². The third-order valence-corrected chi connectivity index (χ3v) is 3.88. The monoisotopic (exact) mass is 414 g/mol. The summed E-state index contributed by atoms with van der Waals surface area (Å²) in [6.07, 6.45) is 0.455. The topological polar surface area (TPSA) is 151 Å². The number of nitrogens with one attached hydrogen (secondary N) is 1. The Labute approximate surface area is 173 Å². The summed E-state index contributed by atoms with van der Waals surface area (Å²) >= 11 is 0. The summed E-state index contributed by atoms with van der Waals surface area (Å²) in [5, 5.41) is 5.82. The fraction of sp³-hybridized carbons (Fsp3) is 0.250. The molecule has 7 N–H and O–H groups in total. The van der Waals surface area contributed by atoms with Gasteiger partial charge in [-0.25, -0.2) is 9.37 Å². The van der Waals surface area contributed by atoms with Gasteiger partial charge < -0.3 is 26.4 Å². The van der Waals surface area contributed by atoms with Crippen molar-refractivity contribution in [3.63, 3.8) is 0 Å². The molecule has 1 aromatic carbocycles. The second kappa shape index (κ2) is 10.6. The number of halogens is 1. The highest BCUT2D eigenvalue weighted by Crippen LogP contribution is 2.19. The van der Waals surface area contributed by atoms with Gasteiger partial charge >= 0.3 is 6.02 Å². The van der Waals surface area contributed by atoms with E-state index in [4.69, 9.17) is 26.8 Å². The van der Waals surface area contributed by atoms with Gasteiger partial charge in [-0.05, 0) is 49.2 Å². The quantitative estimate of drug-likeness (QED) is 0.133. The fourth-order valence-corrected chi connectivity index (χ4v) is 2.50. The van der Waals surface area contributed by atoms with E-state index in [9.17, 15) is 9.18 Å².